The van der Waals surface area contributed by atoms with Gasteiger partial charge in [0.15, 0.2) is 22.3 Å². The third-order valence-electron chi connectivity index (χ3n) is 4.96. The molecule has 0 aromatic carbocycles. The molecule has 1 amide bonds. The maximum Gasteiger partial charge on any atom is 0.272 e. The average molecular weight is 516 g/mol. The lowest BCUT2D eigenvalue weighted by Gasteiger charge is -2.38. The van der Waals surface area contributed by atoms with E-state index < -0.39 is 45.7 Å². The summed E-state index contributed by atoms with van der Waals surface area (Å²) in [5.41, 5.74) is -3.33. The fourth-order valence-electron chi connectivity index (χ4n) is 3.43. The molecule has 2 aromatic heterocycles. The molecule has 14 heteroatoms. The van der Waals surface area contributed by atoms with Gasteiger partial charge in [-0.15, -0.1) is 0 Å². The van der Waals surface area contributed by atoms with Gasteiger partial charge < -0.3 is 25.9 Å². The predicted octanol–water partition coefficient (Wildman–Crippen LogP) is 2.06. The van der Waals surface area contributed by atoms with Crippen molar-refractivity contribution in [3.63, 3.8) is 0 Å². The molecule has 10 nitrogen and oxygen atoms in total. The monoisotopic (exact) mass is 515 g/mol. The summed E-state index contributed by atoms with van der Waals surface area (Å²) in [6.07, 6.45) is -0.887. The number of nitrogens with zero attached hydrogens (tertiary/aromatic N) is 2. The van der Waals surface area contributed by atoms with Crippen molar-refractivity contribution in [2.24, 2.45) is 0 Å². The summed E-state index contributed by atoms with van der Waals surface area (Å²) < 4.78 is 67.0. The topological polar surface area (TPSA) is 154 Å². The highest BCUT2D eigenvalue weighted by molar-refractivity contribution is 7.93. The summed E-state index contributed by atoms with van der Waals surface area (Å²) in [6.45, 7) is 3.29. The molecule has 1 saturated heterocycles. The van der Waals surface area contributed by atoms with Crippen molar-refractivity contribution in [1.82, 2.24) is 15.3 Å². The zero-order valence-electron chi connectivity index (χ0n) is 19.0. The Labute approximate surface area is 199 Å². The maximum atomic E-state index is 14.3. The number of carbonyl (C=O) groups is 1. The van der Waals surface area contributed by atoms with E-state index in [2.05, 4.69) is 20.6 Å². The van der Waals surface area contributed by atoms with Crippen LogP contribution in [0.1, 0.15) is 36.7 Å². The lowest BCUT2D eigenvalue weighted by molar-refractivity contribution is 0.0795. The number of rotatable bonds is 9. The van der Waals surface area contributed by atoms with Crippen molar-refractivity contribution < 1.29 is 36.2 Å². The van der Waals surface area contributed by atoms with Crippen LogP contribution in [-0.4, -0.2) is 70.8 Å². The Morgan fingerprint density at radius 1 is 1.29 bits per heavy atom. The molecule has 0 saturated carbocycles. The molecule has 1 aliphatic rings. The second-order valence-corrected chi connectivity index (χ2v) is 11.0. The highest BCUT2D eigenvalue weighted by atomic mass is 32.2. The van der Waals surface area contributed by atoms with Crippen LogP contribution in [0.5, 0.6) is 5.88 Å². The van der Waals surface area contributed by atoms with Gasteiger partial charge in [0.2, 0.25) is 5.88 Å². The van der Waals surface area contributed by atoms with Crippen LogP contribution in [-0.2, 0) is 9.84 Å². The van der Waals surface area contributed by atoms with E-state index >= 15 is 0 Å². The van der Waals surface area contributed by atoms with Crippen LogP contribution in [0.15, 0.2) is 24.5 Å². The first-order valence-electron chi connectivity index (χ1n) is 10.3. The molecule has 3 rings (SSSR count). The van der Waals surface area contributed by atoms with Crippen molar-refractivity contribution in [2.45, 2.75) is 38.3 Å². The van der Waals surface area contributed by atoms with Crippen LogP contribution in [0.25, 0.3) is 0 Å². The molecule has 1 aliphatic heterocycles. The molecule has 4 N–H and O–H groups in total. The molecule has 2 aromatic rings. The van der Waals surface area contributed by atoms with Gasteiger partial charge in [-0.1, -0.05) is 0 Å². The van der Waals surface area contributed by atoms with E-state index in [-0.39, 0.29) is 45.7 Å². The van der Waals surface area contributed by atoms with Gasteiger partial charge in [0.1, 0.15) is 11.4 Å². The van der Waals surface area contributed by atoms with E-state index in [0.29, 0.717) is 0 Å². The zero-order valence-corrected chi connectivity index (χ0v) is 19.8. The van der Waals surface area contributed by atoms with Crippen LogP contribution >= 0.6 is 0 Å². The van der Waals surface area contributed by atoms with Gasteiger partial charge in [-0.3, -0.25) is 4.79 Å². The van der Waals surface area contributed by atoms with Gasteiger partial charge in [0.05, 0.1) is 40.2 Å². The first-order valence-corrected chi connectivity index (χ1v) is 12.1. The van der Waals surface area contributed by atoms with Gasteiger partial charge in [0, 0.05) is 17.8 Å². The summed E-state index contributed by atoms with van der Waals surface area (Å²) in [4.78, 5) is 20.4. The number of hydrogen-bond acceptors (Lipinski definition) is 9. The molecule has 190 valence electrons. The van der Waals surface area contributed by atoms with E-state index in [0.717, 1.165) is 18.5 Å². The SMILES string of the molecule is CC1(NC(=O)c2cnc(Nc3cc(OCC(F)F)ncc3F)c(C(=N)C(C)(C)O)c2)CS(=O)(=O)C1. The molecular weight excluding hydrogens is 491 g/mol. The maximum absolute atomic E-state index is 14.3. The summed E-state index contributed by atoms with van der Waals surface area (Å²) in [7, 11) is -3.22. The Hall–Kier alpha value is -3.26. The van der Waals surface area contributed by atoms with Crippen molar-refractivity contribution in [2.75, 3.05) is 23.4 Å². The van der Waals surface area contributed by atoms with Gasteiger partial charge >= 0.3 is 0 Å². The van der Waals surface area contributed by atoms with E-state index in [1.54, 1.807) is 6.92 Å². The first-order chi connectivity index (χ1) is 16.1. The standard InChI is InChI=1S/C21H24F3N5O5S/c1-20(2,31)17(25)12-4-11(19(30)29-21(3)9-35(32,33)10-21)6-27-18(12)28-14-5-16(26-7-13(14)22)34-8-15(23)24/h4-7,15,25,31H,8-10H2,1-3H3,(H,29,30)(H,26,27,28). The Morgan fingerprint density at radius 2 is 1.94 bits per heavy atom. The number of aliphatic hydroxyl groups is 1. The van der Waals surface area contributed by atoms with Gasteiger partial charge in [0.25, 0.3) is 12.3 Å². The normalized spacial score (nSPS) is 16.3. The number of hydrogen-bond donors (Lipinski definition) is 4. The fraction of sp³-hybridized carbons (Fsp3) is 0.429. The number of aromatic nitrogens is 2. The molecule has 0 bridgehead atoms. The second-order valence-electron chi connectivity index (χ2n) is 8.93. The van der Waals surface area contributed by atoms with E-state index in [1.165, 1.54) is 19.9 Å². The molecule has 0 unspecified atom stereocenters. The van der Waals surface area contributed by atoms with Crippen molar-refractivity contribution in [3.8, 4) is 5.88 Å². The lowest BCUT2D eigenvalue weighted by Crippen LogP contribution is -2.63. The number of nitrogens with one attached hydrogen (secondary N) is 3. The summed E-state index contributed by atoms with van der Waals surface area (Å²) in [6, 6.07) is 2.27. The molecule has 35 heavy (non-hydrogen) atoms. The van der Waals surface area contributed by atoms with Gasteiger partial charge in [-0.2, -0.15) is 0 Å². The van der Waals surface area contributed by atoms with E-state index in [9.17, 15) is 31.5 Å². The molecular formula is C21H24F3N5O5S. The minimum Gasteiger partial charge on any atom is -0.472 e. The Bertz CT molecular complexity index is 1250. The molecule has 0 spiro atoms. The molecule has 0 aliphatic carbocycles. The van der Waals surface area contributed by atoms with Crippen LogP contribution < -0.4 is 15.4 Å². The van der Waals surface area contributed by atoms with Crippen LogP contribution in [0.2, 0.25) is 0 Å². The van der Waals surface area contributed by atoms with Crippen LogP contribution in [0.3, 0.4) is 0 Å². The summed E-state index contributed by atoms with van der Waals surface area (Å²) in [5.74, 6) is -2.36. The highest BCUT2D eigenvalue weighted by Gasteiger charge is 2.45. The van der Waals surface area contributed by atoms with Crippen molar-refractivity contribution in [3.05, 3.63) is 41.5 Å². The zero-order chi connectivity index (χ0) is 26.2. The third-order valence-corrected chi connectivity index (χ3v) is 7.12. The Balaban J connectivity index is 1.93. The summed E-state index contributed by atoms with van der Waals surface area (Å²) in [5, 5.41) is 23.9. The predicted molar refractivity (Wildman–Crippen MR) is 121 cm³/mol. The molecule has 1 fully saturated rings. The van der Waals surface area contributed by atoms with Crippen molar-refractivity contribution in [1.29, 1.82) is 5.41 Å². The van der Waals surface area contributed by atoms with Crippen LogP contribution in [0, 0.1) is 11.2 Å². The fourth-order valence-corrected chi connectivity index (χ4v) is 5.43. The third kappa shape index (κ3) is 6.45. The number of ether oxygens (including phenoxy) is 1. The number of carbonyl (C=O) groups excluding carboxylic acids is 1. The largest absolute Gasteiger partial charge is 0.472 e. The average Bonchev–Trinajstić information content (AvgIpc) is 2.71. The number of pyridine rings is 2. The van der Waals surface area contributed by atoms with Crippen LogP contribution in [0.4, 0.5) is 24.7 Å². The Morgan fingerprint density at radius 3 is 2.51 bits per heavy atom. The Kier molecular flexibility index (Phi) is 7.09. The van der Waals surface area contributed by atoms with Gasteiger partial charge in [-0.25, -0.2) is 31.6 Å². The number of halogens is 3. The molecule has 0 radical (unpaired) electrons. The molecule has 0 atom stereocenters. The van der Waals surface area contributed by atoms with Crippen molar-refractivity contribution >= 4 is 33.0 Å². The number of sulfone groups is 1. The van der Waals surface area contributed by atoms with Gasteiger partial charge in [-0.05, 0) is 26.8 Å². The summed E-state index contributed by atoms with van der Waals surface area (Å²) >= 11 is 0. The minimum absolute atomic E-state index is 0.0266. The van der Waals surface area contributed by atoms with E-state index in [4.69, 9.17) is 10.1 Å². The highest BCUT2D eigenvalue weighted by Crippen LogP contribution is 2.28. The lowest BCUT2D eigenvalue weighted by atomic mass is 9.95. The molecule has 3 heterocycles. The number of alkyl halides is 2. The second kappa shape index (κ2) is 9.41. The number of anilines is 2. The number of amides is 1. The smallest absolute Gasteiger partial charge is 0.272 e. The first kappa shape index (κ1) is 26.3. The minimum atomic E-state index is -3.22. The quantitative estimate of drug-likeness (QED) is 0.370. The van der Waals surface area contributed by atoms with E-state index in [1.807, 2.05) is 0 Å².